The molecule has 1 N–H and O–H groups in total. The Bertz CT molecular complexity index is 436. The van der Waals surface area contributed by atoms with Gasteiger partial charge < -0.3 is 5.32 Å². The van der Waals surface area contributed by atoms with Crippen LogP contribution < -0.4 is 5.32 Å². The third-order valence-electron chi connectivity index (χ3n) is 5.11. The van der Waals surface area contributed by atoms with Gasteiger partial charge in [-0.15, -0.1) is 0 Å². The first kappa shape index (κ1) is 17.5. The fourth-order valence-electron chi connectivity index (χ4n) is 3.37. The molecule has 1 aromatic rings. The molecule has 0 spiro atoms. The second-order valence-electron chi connectivity index (χ2n) is 8.09. The molecule has 1 heterocycles. The molecule has 1 saturated heterocycles. The number of benzene rings is 1. The van der Waals surface area contributed by atoms with Gasteiger partial charge in [0.25, 0.3) is 0 Å². The summed E-state index contributed by atoms with van der Waals surface area (Å²) in [5, 5.41) is 3.37. The van der Waals surface area contributed by atoms with Crippen LogP contribution >= 0.6 is 0 Å². The van der Waals surface area contributed by atoms with Crippen LogP contribution in [-0.4, -0.2) is 31.1 Å². The van der Waals surface area contributed by atoms with E-state index in [1.165, 1.54) is 43.5 Å². The third kappa shape index (κ3) is 5.10. The summed E-state index contributed by atoms with van der Waals surface area (Å²) in [6, 6.07) is 9.89. The van der Waals surface area contributed by atoms with Gasteiger partial charge in [-0.1, -0.05) is 45.0 Å². The SMILES string of the molecule is CNC(C)CC1CCN(Cc2ccc(C(C)(C)C)cc2)CC1. The zero-order chi connectivity index (χ0) is 16.2. The van der Waals surface area contributed by atoms with Crippen LogP contribution in [0.5, 0.6) is 0 Å². The van der Waals surface area contributed by atoms with Crippen molar-refractivity contribution in [2.24, 2.45) is 5.92 Å². The van der Waals surface area contributed by atoms with Crippen molar-refractivity contribution in [1.82, 2.24) is 10.2 Å². The van der Waals surface area contributed by atoms with Gasteiger partial charge in [-0.25, -0.2) is 0 Å². The molecule has 0 saturated carbocycles. The summed E-state index contributed by atoms with van der Waals surface area (Å²) < 4.78 is 0. The number of hydrogen-bond donors (Lipinski definition) is 1. The molecule has 1 unspecified atom stereocenters. The standard InChI is InChI=1S/C20H34N2/c1-16(21-5)14-17-10-12-22(13-11-17)15-18-6-8-19(9-7-18)20(2,3)4/h6-9,16-17,21H,10-15H2,1-5H3. The molecule has 1 aromatic carbocycles. The molecule has 1 aliphatic rings. The van der Waals surface area contributed by atoms with Crippen molar-refractivity contribution in [3.63, 3.8) is 0 Å². The molecule has 0 bridgehead atoms. The van der Waals surface area contributed by atoms with Gasteiger partial charge in [0.05, 0.1) is 0 Å². The maximum absolute atomic E-state index is 3.37. The van der Waals surface area contributed by atoms with E-state index in [0.717, 1.165) is 12.5 Å². The molecule has 22 heavy (non-hydrogen) atoms. The maximum Gasteiger partial charge on any atom is 0.0233 e. The highest BCUT2D eigenvalue weighted by Gasteiger charge is 2.20. The lowest BCUT2D eigenvalue weighted by molar-refractivity contribution is 0.166. The van der Waals surface area contributed by atoms with Gasteiger partial charge in [-0.2, -0.15) is 0 Å². The minimum absolute atomic E-state index is 0.251. The van der Waals surface area contributed by atoms with E-state index >= 15 is 0 Å². The zero-order valence-electron chi connectivity index (χ0n) is 15.2. The summed E-state index contributed by atoms with van der Waals surface area (Å²) in [6.07, 6.45) is 4.03. The van der Waals surface area contributed by atoms with Crippen molar-refractivity contribution >= 4 is 0 Å². The topological polar surface area (TPSA) is 15.3 Å². The highest BCUT2D eigenvalue weighted by Crippen LogP contribution is 2.25. The number of nitrogens with one attached hydrogen (secondary N) is 1. The molecular formula is C20H34N2. The first-order valence-electron chi connectivity index (χ1n) is 8.87. The lowest BCUT2D eigenvalue weighted by atomic mass is 9.86. The van der Waals surface area contributed by atoms with E-state index in [2.05, 4.69) is 69.2 Å². The Labute approximate surface area is 137 Å². The molecule has 1 aliphatic heterocycles. The Kier molecular flexibility index (Phi) is 6.05. The summed E-state index contributed by atoms with van der Waals surface area (Å²) in [4.78, 5) is 2.62. The van der Waals surface area contributed by atoms with E-state index in [4.69, 9.17) is 0 Å². The van der Waals surface area contributed by atoms with Gasteiger partial charge in [0, 0.05) is 12.6 Å². The van der Waals surface area contributed by atoms with Crippen molar-refractivity contribution in [3.8, 4) is 0 Å². The Morgan fingerprint density at radius 1 is 1.14 bits per heavy atom. The molecule has 1 atom stereocenters. The van der Waals surface area contributed by atoms with Gasteiger partial charge in [-0.05, 0) is 68.8 Å². The molecular weight excluding hydrogens is 268 g/mol. The predicted molar refractivity (Wildman–Crippen MR) is 96.3 cm³/mol. The van der Waals surface area contributed by atoms with Gasteiger partial charge in [0.15, 0.2) is 0 Å². The predicted octanol–water partition coefficient (Wildman–Crippen LogP) is 4.19. The number of hydrogen-bond acceptors (Lipinski definition) is 2. The second kappa shape index (κ2) is 7.61. The fourth-order valence-corrected chi connectivity index (χ4v) is 3.37. The van der Waals surface area contributed by atoms with E-state index in [1.54, 1.807) is 0 Å². The van der Waals surface area contributed by atoms with Gasteiger partial charge in [0.1, 0.15) is 0 Å². The number of rotatable bonds is 5. The van der Waals surface area contributed by atoms with Crippen LogP contribution in [0.25, 0.3) is 0 Å². The lowest BCUT2D eigenvalue weighted by Gasteiger charge is -2.33. The van der Waals surface area contributed by atoms with Gasteiger partial charge in [0.2, 0.25) is 0 Å². The molecule has 0 aromatic heterocycles. The Morgan fingerprint density at radius 3 is 2.23 bits per heavy atom. The van der Waals surface area contributed by atoms with Crippen LogP contribution in [0, 0.1) is 5.92 Å². The Hall–Kier alpha value is -0.860. The van der Waals surface area contributed by atoms with Crippen LogP contribution in [0.15, 0.2) is 24.3 Å². The average molecular weight is 303 g/mol. The van der Waals surface area contributed by atoms with Crippen LogP contribution in [0.4, 0.5) is 0 Å². The molecule has 0 aliphatic carbocycles. The normalized spacial score (nSPS) is 19.3. The number of piperidine rings is 1. The average Bonchev–Trinajstić information content (AvgIpc) is 2.49. The van der Waals surface area contributed by atoms with Crippen LogP contribution in [0.3, 0.4) is 0 Å². The van der Waals surface area contributed by atoms with E-state index in [-0.39, 0.29) is 5.41 Å². The van der Waals surface area contributed by atoms with Crippen LogP contribution in [0.2, 0.25) is 0 Å². The highest BCUT2D eigenvalue weighted by atomic mass is 15.1. The van der Waals surface area contributed by atoms with E-state index in [0.29, 0.717) is 6.04 Å². The summed E-state index contributed by atoms with van der Waals surface area (Å²) in [5.74, 6) is 0.905. The van der Waals surface area contributed by atoms with Gasteiger partial charge >= 0.3 is 0 Å². The first-order chi connectivity index (χ1) is 10.4. The smallest absolute Gasteiger partial charge is 0.0233 e. The van der Waals surface area contributed by atoms with E-state index in [9.17, 15) is 0 Å². The van der Waals surface area contributed by atoms with Crippen LogP contribution in [-0.2, 0) is 12.0 Å². The molecule has 1 fully saturated rings. The summed E-state index contributed by atoms with van der Waals surface area (Å²) in [6.45, 7) is 12.7. The van der Waals surface area contributed by atoms with Crippen molar-refractivity contribution < 1.29 is 0 Å². The largest absolute Gasteiger partial charge is 0.317 e. The van der Waals surface area contributed by atoms with Gasteiger partial charge in [-0.3, -0.25) is 4.90 Å². The molecule has 124 valence electrons. The third-order valence-corrected chi connectivity index (χ3v) is 5.11. The van der Waals surface area contributed by atoms with E-state index in [1.807, 2.05) is 0 Å². The highest BCUT2D eigenvalue weighted by molar-refractivity contribution is 5.27. The molecule has 2 rings (SSSR count). The Balaban J connectivity index is 1.81. The van der Waals surface area contributed by atoms with Crippen molar-refractivity contribution in [2.75, 3.05) is 20.1 Å². The van der Waals surface area contributed by atoms with Crippen molar-refractivity contribution in [2.45, 2.75) is 65.0 Å². The van der Waals surface area contributed by atoms with Crippen LogP contribution in [0.1, 0.15) is 58.1 Å². The van der Waals surface area contributed by atoms with Crippen molar-refractivity contribution in [1.29, 1.82) is 0 Å². The minimum atomic E-state index is 0.251. The monoisotopic (exact) mass is 302 g/mol. The zero-order valence-corrected chi connectivity index (χ0v) is 15.2. The molecule has 0 amide bonds. The maximum atomic E-state index is 3.37. The fraction of sp³-hybridized carbons (Fsp3) is 0.700. The summed E-state index contributed by atoms with van der Waals surface area (Å²) >= 11 is 0. The lowest BCUT2D eigenvalue weighted by Crippen LogP contribution is -2.35. The Morgan fingerprint density at radius 2 is 1.73 bits per heavy atom. The van der Waals surface area contributed by atoms with E-state index < -0.39 is 0 Å². The molecule has 0 radical (unpaired) electrons. The minimum Gasteiger partial charge on any atom is -0.317 e. The summed E-state index contributed by atoms with van der Waals surface area (Å²) in [7, 11) is 2.07. The number of likely N-dealkylation sites (tertiary alicyclic amines) is 1. The number of nitrogens with zero attached hydrogens (tertiary/aromatic N) is 1. The molecule has 2 heteroatoms. The second-order valence-corrected chi connectivity index (χ2v) is 8.09. The quantitative estimate of drug-likeness (QED) is 0.877. The first-order valence-corrected chi connectivity index (χ1v) is 8.87. The molecule has 2 nitrogen and oxygen atoms in total. The van der Waals surface area contributed by atoms with Crippen molar-refractivity contribution in [3.05, 3.63) is 35.4 Å². The summed E-state index contributed by atoms with van der Waals surface area (Å²) in [5.41, 5.74) is 3.13.